The average molecular weight is 337 g/mol. The molecule has 0 radical (unpaired) electrons. The zero-order valence-electron chi connectivity index (χ0n) is 12.2. The van der Waals surface area contributed by atoms with Crippen LogP contribution in [0.1, 0.15) is 23.1 Å². The number of sulfone groups is 1. The summed E-state index contributed by atoms with van der Waals surface area (Å²) in [5, 5.41) is 9.12. The third-order valence-corrected chi connectivity index (χ3v) is 4.27. The molecule has 0 N–H and O–H groups in total. The van der Waals surface area contributed by atoms with Gasteiger partial charge in [-0.25, -0.2) is 17.2 Å². The van der Waals surface area contributed by atoms with Gasteiger partial charge < -0.3 is 4.74 Å². The summed E-state index contributed by atoms with van der Waals surface area (Å²) in [5.41, 5.74) is -0.516. The van der Waals surface area contributed by atoms with Gasteiger partial charge in [-0.3, -0.25) is 0 Å². The first kappa shape index (κ1) is 16.9. The Morgan fingerprint density at radius 2 is 1.83 bits per heavy atom. The number of nitrogens with zero attached hydrogens (tertiary/aromatic N) is 1. The lowest BCUT2D eigenvalue weighted by atomic mass is 10.1. The van der Waals surface area contributed by atoms with Crippen LogP contribution in [-0.2, 0) is 16.4 Å². The van der Waals surface area contributed by atoms with E-state index in [9.17, 15) is 17.2 Å². The van der Waals surface area contributed by atoms with Crippen molar-refractivity contribution in [2.45, 2.75) is 17.9 Å². The topological polar surface area (TPSA) is 67.2 Å². The van der Waals surface area contributed by atoms with Gasteiger partial charge in [0.15, 0.2) is 9.84 Å². The molecule has 0 spiro atoms. The Balaban J connectivity index is 2.47. The highest BCUT2D eigenvalue weighted by Gasteiger charge is 2.26. The van der Waals surface area contributed by atoms with E-state index >= 15 is 0 Å². The van der Waals surface area contributed by atoms with E-state index in [2.05, 4.69) is 0 Å². The summed E-state index contributed by atoms with van der Waals surface area (Å²) < 4.78 is 55.3. The molecule has 0 aliphatic heterocycles. The van der Waals surface area contributed by atoms with Gasteiger partial charge in [0.25, 0.3) is 6.43 Å². The molecule has 0 saturated carbocycles. The van der Waals surface area contributed by atoms with E-state index in [0.717, 1.165) is 24.0 Å². The molecule has 0 amide bonds. The molecule has 4 nitrogen and oxygen atoms in total. The lowest BCUT2D eigenvalue weighted by molar-refractivity contribution is 0.143. The smallest absolute Gasteiger partial charge is 0.268 e. The van der Waals surface area contributed by atoms with Gasteiger partial charge in [-0.1, -0.05) is 30.3 Å². The molecule has 7 heteroatoms. The second kappa shape index (κ2) is 6.75. The van der Waals surface area contributed by atoms with E-state index in [4.69, 9.17) is 10.00 Å². The van der Waals surface area contributed by atoms with E-state index in [1.54, 1.807) is 30.3 Å². The predicted octanol–water partition coefficient (Wildman–Crippen LogP) is 3.48. The molecular weight excluding hydrogens is 324 g/mol. The normalized spacial score (nSPS) is 11.3. The molecule has 2 rings (SSSR count). The van der Waals surface area contributed by atoms with Gasteiger partial charge >= 0.3 is 0 Å². The largest absolute Gasteiger partial charge is 0.488 e. The number of benzene rings is 2. The molecule has 0 aromatic heterocycles. The Labute approximate surface area is 132 Å². The molecule has 0 aliphatic rings. The van der Waals surface area contributed by atoms with E-state index in [1.807, 2.05) is 6.07 Å². The van der Waals surface area contributed by atoms with Gasteiger partial charge in [-0.15, -0.1) is 0 Å². The molecule has 2 aromatic rings. The molecule has 0 atom stereocenters. The number of hydrogen-bond donors (Lipinski definition) is 0. The highest BCUT2D eigenvalue weighted by atomic mass is 32.2. The van der Waals surface area contributed by atoms with Gasteiger partial charge in [-0.05, 0) is 17.7 Å². The average Bonchev–Trinajstić information content (AvgIpc) is 2.51. The number of hydrogen-bond acceptors (Lipinski definition) is 4. The van der Waals surface area contributed by atoms with Crippen LogP contribution < -0.4 is 4.74 Å². The maximum absolute atomic E-state index is 13.3. The zero-order chi connectivity index (χ0) is 17.0. The monoisotopic (exact) mass is 337 g/mol. The van der Waals surface area contributed by atoms with Crippen LogP contribution >= 0.6 is 0 Å². The first-order valence-electron chi connectivity index (χ1n) is 6.56. The van der Waals surface area contributed by atoms with Crippen LogP contribution in [0.3, 0.4) is 0 Å². The SMILES string of the molecule is CS(=O)(=O)c1ccc(OCc2ccccc2)c(C(F)F)c1C#N. The van der Waals surface area contributed by atoms with Gasteiger partial charge in [0, 0.05) is 6.26 Å². The lowest BCUT2D eigenvalue weighted by Crippen LogP contribution is -2.07. The van der Waals surface area contributed by atoms with Crippen LogP contribution in [0.15, 0.2) is 47.4 Å². The summed E-state index contributed by atoms with van der Waals surface area (Å²) in [6, 6.07) is 12.7. The van der Waals surface area contributed by atoms with Gasteiger partial charge in [0.2, 0.25) is 0 Å². The van der Waals surface area contributed by atoms with Gasteiger partial charge in [0.1, 0.15) is 18.4 Å². The first-order valence-corrected chi connectivity index (χ1v) is 8.45. The van der Waals surface area contributed by atoms with E-state index < -0.39 is 32.3 Å². The summed E-state index contributed by atoms with van der Waals surface area (Å²) in [6.45, 7) is 0.0314. The highest BCUT2D eigenvalue weighted by Crippen LogP contribution is 2.36. The van der Waals surface area contributed by atoms with E-state index in [1.165, 1.54) is 0 Å². The zero-order valence-corrected chi connectivity index (χ0v) is 13.0. The second-order valence-electron chi connectivity index (χ2n) is 4.81. The molecule has 23 heavy (non-hydrogen) atoms. The molecule has 0 saturated heterocycles. The maximum atomic E-state index is 13.3. The van der Waals surface area contributed by atoms with Crippen LogP contribution in [0.25, 0.3) is 0 Å². The number of nitriles is 1. The van der Waals surface area contributed by atoms with Crippen molar-refractivity contribution in [3.05, 3.63) is 59.2 Å². The summed E-state index contributed by atoms with van der Waals surface area (Å²) in [7, 11) is -3.80. The van der Waals surface area contributed by atoms with Crippen LogP contribution in [0.2, 0.25) is 0 Å². The standard InChI is InChI=1S/C16H13F2NO3S/c1-23(20,21)14-8-7-13(15(16(17)18)12(14)9-19)22-10-11-5-3-2-4-6-11/h2-8,16H,10H2,1H3. The summed E-state index contributed by atoms with van der Waals surface area (Å²) in [5.74, 6) is -0.201. The van der Waals surface area contributed by atoms with Crippen LogP contribution in [0.4, 0.5) is 8.78 Å². The predicted molar refractivity (Wildman–Crippen MR) is 80.0 cm³/mol. The fourth-order valence-electron chi connectivity index (χ4n) is 2.08. The molecule has 0 unspecified atom stereocenters. The van der Waals surface area contributed by atoms with Crippen LogP contribution in [-0.4, -0.2) is 14.7 Å². The van der Waals surface area contributed by atoms with Crippen molar-refractivity contribution in [2.75, 3.05) is 6.26 Å². The van der Waals surface area contributed by atoms with Crippen molar-refractivity contribution >= 4 is 9.84 Å². The molecule has 0 heterocycles. The Kier molecular flexibility index (Phi) is 4.96. The Morgan fingerprint density at radius 1 is 1.17 bits per heavy atom. The van der Waals surface area contributed by atoms with Crippen molar-refractivity contribution < 1.29 is 21.9 Å². The number of rotatable bonds is 5. The van der Waals surface area contributed by atoms with Gasteiger partial charge in [0.05, 0.1) is 16.0 Å². The summed E-state index contributed by atoms with van der Waals surface area (Å²) >= 11 is 0. The second-order valence-corrected chi connectivity index (χ2v) is 6.79. The molecule has 0 aliphatic carbocycles. The number of halogens is 2. The number of ether oxygens (including phenoxy) is 1. The Morgan fingerprint density at radius 3 is 2.35 bits per heavy atom. The molecule has 2 aromatic carbocycles. The minimum atomic E-state index is -3.80. The van der Waals surface area contributed by atoms with E-state index in [-0.39, 0.29) is 12.4 Å². The minimum absolute atomic E-state index is 0.0314. The summed E-state index contributed by atoms with van der Waals surface area (Å²) in [6.07, 6.45) is -2.17. The van der Waals surface area contributed by atoms with Crippen molar-refractivity contribution in [1.82, 2.24) is 0 Å². The fourth-order valence-corrected chi connectivity index (χ4v) is 2.92. The first-order chi connectivity index (χ1) is 10.8. The highest BCUT2D eigenvalue weighted by molar-refractivity contribution is 7.90. The van der Waals surface area contributed by atoms with Crippen molar-refractivity contribution in [3.8, 4) is 11.8 Å². The van der Waals surface area contributed by atoms with Crippen LogP contribution in [0.5, 0.6) is 5.75 Å². The number of alkyl halides is 2. The minimum Gasteiger partial charge on any atom is -0.488 e. The Bertz CT molecular complexity index is 844. The van der Waals surface area contributed by atoms with Crippen molar-refractivity contribution in [1.29, 1.82) is 5.26 Å². The van der Waals surface area contributed by atoms with Crippen molar-refractivity contribution in [2.24, 2.45) is 0 Å². The van der Waals surface area contributed by atoms with Crippen LogP contribution in [0, 0.1) is 11.3 Å². The molecule has 0 bridgehead atoms. The third-order valence-electron chi connectivity index (χ3n) is 3.13. The maximum Gasteiger partial charge on any atom is 0.268 e. The quantitative estimate of drug-likeness (QED) is 0.838. The van der Waals surface area contributed by atoms with E-state index in [0.29, 0.717) is 0 Å². The van der Waals surface area contributed by atoms with Gasteiger partial charge in [-0.2, -0.15) is 5.26 Å². The molecular formula is C16H13F2NO3S. The van der Waals surface area contributed by atoms with Crippen molar-refractivity contribution in [3.63, 3.8) is 0 Å². The molecule has 0 fully saturated rings. The third kappa shape index (κ3) is 3.85. The molecule has 120 valence electrons. The fraction of sp³-hybridized carbons (Fsp3) is 0.188. The lowest BCUT2D eigenvalue weighted by Gasteiger charge is -2.14. The summed E-state index contributed by atoms with van der Waals surface area (Å²) in [4.78, 5) is -0.428. The Hall–Kier alpha value is -2.46.